The number of unbranched alkanes of at least 4 members (excludes halogenated alkanes) is 2. The van der Waals surface area contributed by atoms with Crippen LogP contribution in [0.3, 0.4) is 0 Å². The molecule has 0 aliphatic heterocycles. The molecule has 0 fully saturated rings. The lowest BCUT2D eigenvalue weighted by molar-refractivity contribution is 0.0694. The molecule has 1 amide bonds. The lowest BCUT2D eigenvalue weighted by atomic mass is 10.1. The minimum atomic E-state index is -1.03. The average Bonchev–Trinajstić information content (AvgIpc) is 2.38. The van der Waals surface area contributed by atoms with Crippen molar-refractivity contribution in [2.75, 3.05) is 0 Å². The average molecular weight is 278 g/mol. The number of pyridine rings is 1. The zero-order valence-corrected chi connectivity index (χ0v) is 12.3. The molecule has 20 heavy (non-hydrogen) atoms. The van der Waals surface area contributed by atoms with Crippen molar-refractivity contribution in [2.45, 2.75) is 52.5 Å². The second kappa shape index (κ2) is 7.62. The van der Waals surface area contributed by atoms with E-state index in [-0.39, 0.29) is 23.2 Å². The van der Waals surface area contributed by atoms with E-state index in [4.69, 9.17) is 5.11 Å². The molecule has 0 bridgehead atoms. The third kappa shape index (κ3) is 4.64. The van der Waals surface area contributed by atoms with E-state index < -0.39 is 5.97 Å². The highest BCUT2D eigenvalue weighted by Gasteiger charge is 2.14. The molecule has 1 heterocycles. The minimum absolute atomic E-state index is 0.0929. The topological polar surface area (TPSA) is 79.3 Å². The summed E-state index contributed by atoms with van der Waals surface area (Å²) < 4.78 is 0. The van der Waals surface area contributed by atoms with Crippen LogP contribution in [0, 0.1) is 6.92 Å². The normalized spacial score (nSPS) is 11.9. The minimum Gasteiger partial charge on any atom is -0.478 e. The van der Waals surface area contributed by atoms with Gasteiger partial charge in [0.1, 0.15) is 5.69 Å². The zero-order chi connectivity index (χ0) is 15.1. The van der Waals surface area contributed by atoms with E-state index in [1.807, 2.05) is 6.92 Å². The van der Waals surface area contributed by atoms with Crippen LogP contribution in [-0.2, 0) is 0 Å². The van der Waals surface area contributed by atoms with Gasteiger partial charge in [0, 0.05) is 6.04 Å². The Morgan fingerprint density at radius 3 is 2.60 bits per heavy atom. The second-order valence-electron chi connectivity index (χ2n) is 5.00. The van der Waals surface area contributed by atoms with Crippen LogP contribution in [0.1, 0.15) is 66.1 Å². The summed E-state index contributed by atoms with van der Waals surface area (Å²) in [6, 6.07) is 2.96. The van der Waals surface area contributed by atoms with Gasteiger partial charge in [0.05, 0.1) is 11.3 Å². The van der Waals surface area contributed by atoms with Crippen LogP contribution in [0.15, 0.2) is 12.1 Å². The highest BCUT2D eigenvalue weighted by molar-refractivity contribution is 5.94. The maximum Gasteiger partial charge on any atom is 0.337 e. The Labute approximate surface area is 119 Å². The van der Waals surface area contributed by atoms with Gasteiger partial charge >= 0.3 is 5.97 Å². The van der Waals surface area contributed by atoms with E-state index >= 15 is 0 Å². The molecular weight excluding hydrogens is 256 g/mol. The number of carboxylic acid groups (broad SMARTS) is 1. The van der Waals surface area contributed by atoms with Gasteiger partial charge in [-0.1, -0.05) is 26.2 Å². The quantitative estimate of drug-likeness (QED) is 0.752. The molecule has 1 unspecified atom stereocenters. The van der Waals surface area contributed by atoms with Crippen molar-refractivity contribution in [3.8, 4) is 0 Å². The van der Waals surface area contributed by atoms with Crippen molar-refractivity contribution in [2.24, 2.45) is 0 Å². The molecule has 0 radical (unpaired) electrons. The van der Waals surface area contributed by atoms with Crippen molar-refractivity contribution in [3.05, 3.63) is 29.1 Å². The molecule has 0 aliphatic rings. The number of rotatable bonds is 7. The summed E-state index contributed by atoms with van der Waals surface area (Å²) in [5.41, 5.74) is 0.733. The van der Waals surface area contributed by atoms with Gasteiger partial charge in [-0.05, 0) is 32.4 Å². The van der Waals surface area contributed by atoms with Crippen LogP contribution in [0.25, 0.3) is 0 Å². The van der Waals surface area contributed by atoms with Crippen LogP contribution < -0.4 is 5.32 Å². The van der Waals surface area contributed by atoms with Crippen LogP contribution in [0.5, 0.6) is 0 Å². The first-order valence-corrected chi connectivity index (χ1v) is 6.97. The largest absolute Gasteiger partial charge is 0.478 e. The molecule has 0 saturated heterocycles. The van der Waals surface area contributed by atoms with E-state index in [1.165, 1.54) is 12.1 Å². The zero-order valence-electron chi connectivity index (χ0n) is 12.3. The maximum atomic E-state index is 12.0. The summed E-state index contributed by atoms with van der Waals surface area (Å²) in [6.45, 7) is 5.69. The lowest BCUT2D eigenvalue weighted by Gasteiger charge is -2.13. The van der Waals surface area contributed by atoms with Crippen LogP contribution >= 0.6 is 0 Å². The summed E-state index contributed by atoms with van der Waals surface area (Å²) in [5.74, 6) is -1.29. The fraction of sp³-hybridized carbons (Fsp3) is 0.533. The van der Waals surface area contributed by atoms with Gasteiger partial charge < -0.3 is 10.4 Å². The second-order valence-corrected chi connectivity index (χ2v) is 5.00. The standard InChI is InChI=1S/C15H22N2O3/c1-4-5-6-7-10(2)16-14(18)13-9-8-12(15(19)20)11(3)17-13/h8-10H,4-7H2,1-3H3,(H,16,18)(H,19,20). The SMILES string of the molecule is CCCCCC(C)NC(=O)c1ccc(C(=O)O)c(C)n1. The van der Waals surface area contributed by atoms with Gasteiger partial charge in [0.25, 0.3) is 5.91 Å². The summed E-state index contributed by atoms with van der Waals surface area (Å²) >= 11 is 0. The molecule has 110 valence electrons. The highest BCUT2D eigenvalue weighted by atomic mass is 16.4. The van der Waals surface area contributed by atoms with Gasteiger partial charge in [-0.25, -0.2) is 9.78 Å². The number of nitrogens with zero attached hydrogens (tertiary/aromatic N) is 1. The molecule has 1 aromatic rings. The summed E-state index contributed by atoms with van der Waals surface area (Å²) in [7, 11) is 0. The van der Waals surface area contributed by atoms with E-state index in [9.17, 15) is 9.59 Å². The molecule has 1 rings (SSSR count). The first-order chi connectivity index (χ1) is 9.45. The van der Waals surface area contributed by atoms with E-state index in [2.05, 4.69) is 17.2 Å². The lowest BCUT2D eigenvalue weighted by Crippen LogP contribution is -2.33. The van der Waals surface area contributed by atoms with E-state index in [1.54, 1.807) is 6.92 Å². The first-order valence-electron chi connectivity index (χ1n) is 6.97. The third-order valence-corrected chi connectivity index (χ3v) is 3.17. The van der Waals surface area contributed by atoms with Crippen molar-refractivity contribution in [1.82, 2.24) is 10.3 Å². The monoisotopic (exact) mass is 278 g/mol. The predicted molar refractivity (Wildman–Crippen MR) is 77.0 cm³/mol. The fourth-order valence-corrected chi connectivity index (χ4v) is 1.98. The van der Waals surface area contributed by atoms with Crippen LogP contribution in [-0.4, -0.2) is 28.0 Å². The number of amides is 1. The fourth-order valence-electron chi connectivity index (χ4n) is 1.98. The molecule has 2 N–H and O–H groups in total. The molecule has 0 saturated carbocycles. The van der Waals surface area contributed by atoms with Gasteiger partial charge in [0.15, 0.2) is 0 Å². The van der Waals surface area contributed by atoms with Gasteiger partial charge in [-0.2, -0.15) is 0 Å². The Morgan fingerprint density at radius 1 is 1.35 bits per heavy atom. The maximum absolute atomic E-state index is 12.0. The van der Waals surface area contributed by atoms with Crippen molar-refractivity contribution < 1.29 is 14.7 Å². The third-order valence-electron chi connectivity index (χ3n) is 3.17. The van der Waals surface area contributed by atoms with Gasteiger partial charge in [-0.3, -0.25) is 4.79 Å². The number of hydrogen-bond acceptors (Lipinski definition) is 3. The highest BCUT2D eigenvalue weighted by Crippen LogP contribution is 2.08. The van der Waals surface area contributed by atoms with Crippen molar-refractivity contribution >= 4 is 11.9 Å². The first kappa shape index (κ1) is 16.1. The number of carbonyl (C=O) groups is 2. The number of hydrogen-bond donors (Lipinski definition) is 2. The molecule has 0 aliphatic carbocycles. The molecular formula is C15H22N2O3. The van der Waals surface area contributed by atoms with Crippen LogP contribution in [0.2, 0.25) is 0 Å². The number of carboxylic acids is 1. The molecule has 1 aromatic heterocycles. The molecule has 5 nitrogen and oxygen atoms in total. The molecule has 0 spiro atoms. The summed E-state index contributed by atoms with van der Waals surface area (Å²) in [4.78, 5) is 26.9. The summed E-state index contributed by atoms with van der Waals surface area (Å²) in [6.07, 6.45) is 4.33. The Balaban J connectivity index is 2.64. The van der Waals surface area contributed by atoms with Crippen molar-refractivity contribution in [3.63, 3.8) is 0 Å². The molecule has 1 atom stereocenters. The smallest absolute Gasteiger partial charge is 0.337 e. The predicted octanol–water partition coefficient (Wildman–Crippen LogP) is 2.79. The van der Waals surface area contributed by atoms with E-state index in [0.29, 0.717) is 5.69 Å². The number of nitrogens with one attached hydrogen (secondary N) is 1. The summed E-state index contributed by atoms with van der Waals surface area (Å²) in [5, 5.41) is 11.8. The number of aryl methyl sites for hydroxylation is 1. The molecule has 5 heteroatoms. The van der Waals surface area contributed by atoms with E-state index in [0.717, 1.165) is 25.7 Å². The number of aromatic nitrogens is 1. The van der Waals surface area contributed by atoms with Crippen LogP contribution in [0.4, 0.5) is 0 Å². The Morgan fingerprint density at radius 2 is 2.05 bits per heavy atom. The number of aromatic carboxylic acids is 1. The van der Waals surface area contributed by atoms with Crippen molar-refractivity contribution in [1.29, 1.82) is 0 Å². The number of carbonyl (C=O) groups excluding carboxylic acids is 1. The van der Waals surface area contributed by atoms with Gasteiger partial charge in [-0.15, -0.1) is 0 Å². The Kier molecular flexibility index (Phi) is 6.15. The van der Waals surface area contributed by atoms with Gasteiger partial charge in [0.2, 0.25) is 0 Å². The Bertz CT molecular complexity index is 486. The Hall–Kier alpha value is -1.91. The molecule has 0 aromatic carbocycles.